The van der Waals surface area contributed by atoms with Crippen molar-refractivity contribution in [2.24, 2.45) is 23.5 Å². The highest BCUT2D eigenvalue weighted by Gasteiger charge is 2.30. The minimum absolute atomic E-state index is 0.406. The first-order chi connectivity index (χ1) is 6.69. The lowest BCUT2D eigenvalue weighted by Crippen LogP contribution is -2.40. The van der Waals surface area contributed by atoms with Gasteiger partial charge in [-0.05, 0) is 37.0 Å². The number of hydrogen-bond acceptors (Lipinski definition) is 2. The highest BCUT2D eigenvalue weighted by molar-refractivity contribution is 4.84. The zero-order chi connectivity index (χ0) is 10.6. The molecule has 0 aromatic heterocycles. The molecule has 14 heavy (non-hydrogen) atoms. The molecule has 0 bridgehead atoms. The highest BCUT2D eigenvalue weighted by atomic mass is 16.5. The number of nitrogens with two attached hydrogens (primary N) is 1. The van der Waals surface area contributed by atoms with Crippen LogP contribution in [0.2, 0.25) is 0 Å². The summed E-state index contributed by atoms with van der Waals surface area (Å²) in [5, 5.41) is 0. The Labute approximate surface area is 88.2 Å². The first kappa shape index (κ1) is 12.0. The maximum atomic E-state index is 6.17. The smallest absolute Gasteiger partial charge is 0.0491 e. The van der Waals surface area contributed by atoms with Gasteiger partial charge < -0.3 is 10.5 Å². The largest absolute Gasteiger partial charge is 0.384 e. The Morgan fingerprint density at radius 3 is 2.71 bits per heavy atom. The summed E-state index contributed by atoms with van der Waals surface area (Å²) >= 11 is 0. The monoisotopic (exact) mass is 199 g/mol. The van der Waals surface area contributed by atoms with Gasteiger partial charge in [-0.1, -0.05) is 20.3 Å². The molecule has 0 aliphatic heterocycles. The predicted molar refractivity (Wildman–Crippen MR) is 60.1 cm³/mol. The minimum atomic E-state index is 0.406. The van der Waals surface area contributed by atoms with Gasteiger partial charge in [0.2, 0.25) is 0 Å². The number of ether oxygens (including phenoxy) is 1. The van der Waals surface area contributed by atoms with Crippen molar-refractivity contribution in [3.8, 4) is 0 Å². The maximum absolute atomic E-state index is 6.17. The molecule has 2 heteroatoms. The van der Waals surface area contributed by atoms with Gasteiger partial charge in [0, 0.05) is 19.8 Å². The van der Waals surface area contributed by atoms with Crippen LogP contribution in [-0.4, -0.2) is 19.8 Å². The van der Waals surface area contributed by atoms with E-state index in [9.17, 15) is 0 Å². The average molecular weight is 199 g/mol. The van der Waals surface area contributed by atoms with E-state index in [0.717, 1.165) is 12.5 Å². The Morgan fingerprint density at radius 1 is 1.43 bits per heavy atom. The Hall–Kier alpha value is -0.0800. The van der Waals surface area contributed by atoms with Crippen LogP contribution in [0.5, 0.6) is 0 Å². The Kier molecular flexibility index (Phi) is 4.90. The average Bonchev–Trinajstić information content (AvgIpc) is 2.19. The molecule has 2 N–H and O–H groups in total. The fourth-order valence-electron chi connectivity index (χ4n) is 2.73. The fraction of sp³-hybridized carbons (Fsp3) is 1.00. The van der Waals surface area contributed by atoms with E-state index in [1.54, 1.807) is 7.11 Å². The van der Waals surface area contributed by atoms with Crippen LogP contribution < -0.4 is 5.73 Å². The van der Waals surface area contributed by atoms with Gasteiger partial charge in [0.15, 0.2) is 0 Å². The molecular weight excluding hydrogens is 174 g/mol. The van der Waals surface area contributed by atoms with Crippen molar-refractivity contribution in [1.82, 2.24) is 0 Å². The van der Waals surface area contributed by atoms with E-state index >= 15 is 0 Å². The SMILES string of the molecule is CCC1CCC(N)C(C(C)COC)C1. The molecule has 1 fully saturated rings. The molecule has 0 heterocycles. The van der Waals surface area contributed by atoms with E-state index in [1.165, 1.54) is 25.7 Å². The lowest BCUT2D eigenvalue weighted by Gasteiger charge is -2.37. The van der Waals surface area contributed by atoms with E-state index in [2.05, 4.69) is 13.8 Å². The number of hydrogen-bond donors (Lipinski definition) is 1. The van der Waals surface area contributed by atoms with E-state index < -0.39 is 0 Å². The van der Waals surface area contributed by atoms with Crippen LogP contribution in [0, 0.1) is 17.8 Å². The van der Waals surface area contributed by atoms with Crippen molar-refractivity contribution in [2.75, 3.05) is 13.7 Å². The van der Waals surface area contributed by atoms with Crippen LogP contribution in [0.4, 0.5) is 0 Å². The van der Waals surface area contributed by atoms with Gasteiger partial charge >= 0.3 is 0 Å². The van der Waals surface area contributed by atoms with Crippen LogP contribution in [-0.2, 0) is 4.74 Å². The van der Waals surface area contributed by atoms with E-state index in [4.69, 9.17) is 10.5 Å². The quantitative estimate of drug-likeness (QED) is 0.754. The van der Waals surface area contributed by atoms with Crippen molar-refractivity contribution in [2.45, 2.75) is 45.6 Å². The molecule has 0 saturated heterocycles. The van der Waals surface area contributed by atoms with Crippen molar-refractivity contribution < 1.29 is 4.74 Å². The number of methoxy groups -OCH3 is 1. The summed E-state index contributed by atoms with van der Waals surface area (Å²) in [6.07, 6.45) is 5.15. The van der Waals surface area contributed by atoms with Crippen LogP contribution >= 0.6 is 0 Å². The summed E-state index contributed by atoms with van der Waals surface area (Å²) in [6, 6.07) is 0.406. The second-order valence-corrected chi connectivity index (χ2v) is 4.85. The normalized spacial score (nSPS) is 35.6. The summed E-state index contributed by atoms with van der Waals surface area (Å²) < 4.78 is 5.22. The number of rotatable bonds is 4. The van der Waals surface area contributed by atoms with Crippen LogP contribution in [0.1, 0.15) is 39.5 Å². The zero-order valence-corrected chi connectivity index (χ0v) is 9.83. The first-order valence-corrected chi connectivity index (χ1v) is 5.93. The Morgan fingerprint density at radius 2 is 2.14 bits per heavy atom. The summed E-state index contributed by atoms with van der Waals surface area (Å²) in [7, 11) is 1.78. The van der Waals surface area contributed by atoms with Gasteiger partial charge in [-0.2, -0.15) is 0 Å². The van der Waals surface area contributed by atoms with Crippen molar-refractivity contribution in [3.63, 3.8) is 0 Å². The third-order valence-corrected chi connectivity index (χ3v) is 3.80. The summed E-state index contributed by atoms with van der Waals surface area (Å²) in [6.45, 7) is 5.42. The molecule has 4 atom stereocenters. The van der Waals surface area contributed by atoms with Gasteiger partial charge in [-0.15, -0.1) is 0 Å². The van der Waals surface area contributed by atoms with Crippen molar-refractivity contribution in [3.05, 3.63) is 0 Å². The van der Waals surface area contributed by atoms with Crippen LogP contribution in [0.25, 0.3) is 0 Å². The molecule has 0 amide bonds. The molecule has 4 unspecified atom stereocenters. The molecule has 0 aromatic rings. The topological polar surface area (TPSA) is 35.2 Å². The van der Waals surface area contributed by atoms with E-state index in [1.807, 2.05) is 0 Å². The third-order valence-electron chi connectivity index (χ3n) is 3.80. The highest BCUT2D eigenvalue weighted by Crippen LogP contribution is 2.34. The predicted octanol–water partition coefficient (Wildman–Crippen LogP) is 2.42. The zero-order valence-electron chi connectivity index (χ0n) is 9.83. The van der Waals surface area contributed by atoms with E-state index in [0.29, 0.717) is 17.9 Å². The summed E-state index contributed by atoms with van der Waals surface area (Å²) in [4.78, 5) is 0. The second kappa shape index (κ2) is 5.72. The molecule has 2 nitrogen and oxygen atoms in total. The minimum Gasteiger partial charge on any atom is -0.384 e. The maximum Gasteiger partial charge on any atom is 0.0491 e. The molecule has 1 aliphatic carbocycles. The third kappa shape index (κ3) is 2.96. The van der Waals surface area contributed by atoms with Crippen LogP contribution in [0.15, 0.2) is 0 Å². The molecule has 0 radical (unpaired) electrons. The van der Waals surface area contributed by atoms with Gasteiger partial charge in [0.25, 0.3) is 0 Å². The molecule has 0 spiro atoms. The van der Waals surface area contributed by atoms with Crippen LogP contribution in [0.3, 0.4) is 0 Å². The molecule has 1 saturated carbocycles. The van der Waals surface area contributed by atoms with Gasteiger partial charge in [0.1, 0.15) is 0 Å². The van der Waals surface area contributed by atoms with Crippen molar-refractivity contribution >= 4 is 0 Å². The molecule has 1 aliphatic rings. The molecule has 84 valence electrons. The Bertz CT molecular complexity index is 160. The first-order valence-electron chi connectivity index (χ1n) is 5.93. The molecule has 1 rings (SSSR count). The van der Waals surface area contributed by atoms with E-state index in [-0.39, 0.29) is 0 Å². The Balaban J connectivity index is 2.46. The standard InChI is InChI=1S/C12H25NO/c1-4-10-5-6-12(13)11(7-10)9(2)8-14-3/h9-12H,4-8,13H2,1-3H3. The lowest BCUT2D eigenvalue weighted by atomic mass is 9.72. The second-order valence-electron chi connectivity index (χ2n) is 4.85. The molecule has 0 aromatic carbocycles. The van der Waals surface area contributed by atoms with Gasteiger partial charge in [-0.3, -0.25) is 0 Å². The molecular formula is C12H25NO. The van der Waals surface area contributed by atoms with Gasteiger partial charge in [0.05, 0.1) is 0 Å². The van der Waals surface area contributed by atoms with Gasteiger partial charge in [-0.25, -0.2) is 0 Å². The summed E-state index contributed by atoms with van der Waals surface area (Å²) in [5.74, 6) is 2.19. The van der Waals surface area contributed by atoms with Crippen molar-refractivity contribution in [1.29, 1.82) is 0 Å². The fourth-order valence-corrected chi connectivity index (χ4v) is 2.73. The lowest BCUT2D eigenvalue weighted by molar-refractivity contribution is 0.0894. The summed E-state index contributed by atoms with van der Waals surface area (Å²) in [5.41, 5.74) is 6.17.